The quantitative estimate of drug-likeness (QED) is 0.218. The molecule has 0 bridgehead atoms. The first kappa shape index (κ1) is 9.13. The van der Waals surface area contributed by atoms with Gasteiger partial charge < -0.3 is 5.11 Å². The fraction of sp³-hybridized carbons (Fsp3) is 0. The van der Waals surface area contributed by atoms with Crippen LogP contribution < -0.4 is 11.3 Å². The molecule has 0 atom stereocenters. The summed E-state index contributed by atoms with van der Waals surface area (Å²) >= 11 is 0. The van der Waals surface area contributed by atoms with Gasteiger partial charge in [-0.1, -0.05) is 0 Å². The van der Waals surface area contributed by atoms with Crippen LogP contribution in [0.1, 0.15) is 0 Å². The van der Waals surface area contributed by atoms with E-state index in [1.807, 2.05) is 0 Å². The highest BCUT2D eigenvalue weighted by Crippen LogP contribution is 1.42. The molecule has 1 amide bonds. The monoisotopic (exact) mass is 110 g/mol. The number of hydrogen-bond donors (Lipinski definition) is 3. The van der Waals surface area contributed by atoms with E-state index >= 15 is 0 Å². The van der Waals surface area contributed by atoms with Gasteiger partial charge in [-0.15, -0.1) is 0 Å². The predicted molar refractivity (Wildman–Crippen MR) is 25.7 cm³/mol. The second kappa shape index (κ2) is 4.58. The van der Waals surface area contributed by atoms with Crippen LogP contribution in [0.4, 0.5) is 4.79 Å². The van der Waals surface area contributed by atoms with E-state index in [4.69, 9.17) is 9.90 Å². The van der Waals surface area contributed by atoms with Crippen molar-refractivity contribution in [2.75, 3.05) is 0 Å². The van der Waals surface area contributed by atoms with Gasteiger partial charge in [-0.3, -0.25) is 5.43 Å². The lowest BCUT2D eigenvalue weighted by Gasteiger charge is -1.79. The van der Waals surface area contributed by atoms with Crippen LogP contribution in [0, 0.1) is 0 Å². The fourth-order valence-corrected chi connectivity index (χ4v) is 0. The lowest BCUT2D eigenvalue weighted by atomic mass is 11.3. The van der Waals surface area contributed by atoms with Crippen molar-refractivity contribution in [2.24, 2.45) is 5.84 Å². The second-order valence-corrected chi connectivity index (χ2v) is 0.449. The fourth-order valence-electron chi connectivity index (χ4n) is 0. The largest absolute Gasteiger partial charge is 0.464 e. The molecule has 0 heterocycles. The number of carboxylic acid groups (broad SMARTS) is 1. The van der Waals surface area contributed by atoms with Gasteiger partial charge in [0.25, 0.3) is 0 Å². The summed E-state index contributed by atoms with van der Waals surface area (Å²) in [6.45, 7) is 0. The Hall–Kier alpha value is -0.420. The molecule has 4 nitrogen and oxygen atoms in total. The standard InChI is InChI=1S/CH4N2O2.H2S/c2-3-1(4)5;/h3H,2H2,(H,4,5);1H2. The van der Waals surface area contributed by atoms with E-state index in [1.165, 1.54) is 5.43 Å². The first-order valence-electron chi connectivity index (χ1n) is 0.966. The molecule has 0 spiro atoms. The maximum absolute atomic E-state index is 9.13. The summed E-state index contributed by atoms with van der Waals surface area (Å²) in [4.78, 5) is 9.13. The van der Waals surface area contributed by atoms with Crippen LogP contribution in [0.2, 0.25) is 0 Å². The van der Waals surface area contributed by atoms with Crippen molar-refractivity contribution in [1.29, 1.82) is 0 Å². The van der Waals surface area contributed by atoms with Gasteiger partial charge >= 0.3 is 6.09 Å². The van der Waals surface area contributed by atoms with E-state index < -0.39 is 6.09 Å². The first-order valence-corrected chi connectivity index (χ1v) is 0.966. The average Bonchev–Trinajstić information content (AvgIpc) is 1.38. The van der Waals surface area contributed by atoms with E-state index in [9.17, 15) is 0 Å². The number of hydrazine groups is 1. The third-order valence-electron chi connectivity index (χ3n) is 0.123. The zero-order valence-corrected chi connectivity index (χ0v) is 3.93. The van der Waals surface area contributed by atoms with Gasteiger partial charge in [-0.05, 0) is 0 Å². The molecule has 4 N–H and O–H groups in total. The zero-order chi connectivity index (χ0) is 4.28. The summed E-state index contributed by atoms with van der Waals surface area (Å²) in [6, 6.07) is 0. The number of rotatable bonds is 0. The third kappa shape index (κ3) is 9.55. The van der Waals surface area contributed by atoms with Crippen LogP contribution in [0.25, 0.3) is 0 Å². The van der Waals surface area contributed by atoms with Gasteiger partial charge in [0.1, 0.15) is 0 Å². The summed E-state index contributed by atoms with van der Waals surface area (Å²) in [5, 5.41) is 7.49. The van der Waals surface area contributed by atoms with Gasteiger partial charge in [-0.2, -0.15) is 13.5 Å². The minimum absolute atomic E-state index is 0. The van der Waals surface area contributed by atoms with Gasteiger partial charge in [0.05, 0.1) is 0 Å². The molecule has 0 unspecified atom stereocenters. The summed E-state index contributed by atoms with van der Waals surface area (Å²) < 4.78 is 0. The predicted octanol–water partition coefficient (Wildman–Crippen LogP) is -0.760. The van der Waals surface area contributed by atoms with Crippen molar-refractivity contribution >= 4 is 19.6 Å². The Labute approximate surface area is 41.7 Å². The number of hydrogen-bond acceptors (Lipinski definition) is 2. The normalized spacial score (nSPS) is 5.50. The molecule has 0 radical (unpaired) electrons. The Morgan fingerprint density at radius 3 is 2.00 bits per heavy atom. The zero-order valence-electron chi connectivity index (χ0n) is 2.93. The van der Waals surface area contributed by atoms with Crippen molar-refractivity contribution in [2.45, 2.75) is 0 Å². The highest BCUT2D eigenvalue weighted by molar-refractivity contribution is 7.59. The first-order chi connectivity index (χ1) is 2.27. The number of amides is 1. The molecular weight excluding hydrogens is 104 g/mol. The van der Waals surface area contributed by atoms with Crippen molar-refractivity contribution in [1.82, 2.24) is 5.43 Å². The molecule has 5 heteroatoms. The highest BCUT2D eigenvalue weighted by atomic mass is 32.1. The summed E-state index contributed by atoms with van der Waals surface area (Å²) in [7, 11) is 0. The van der Waals surface area contributed by atoms with Gasteiger partial charge in [-0.25, -0.2) is 10.6 Å². The van der Waals surface area contributed by atoms with Gasteiger partial charge in [0.2, 0.25) is 0 Å². The Kier molecular flexibility index (Phi) is 6.97. The third-order valence-corrected chi connectivity index (χ3v) is 0.123. The lowest BCUT2D eigenvalue weighted by Crippen LogP contribution is -2.27. The van der Waals surface area contributed by atoms with Crippen molar-refractivity contribution < 1.29 is 9.90 Å². The summed E-state index contributed by atoms with van der Waals surface area (Å²) in [6.07, 6.45) is -1.22. The van der Waals surface area contributed by atoms with Crippen LogP contribution in [0.3, 0.4) is 0 Å². The lowest BCUT2D eigenvalue weighted by molar-refractivity contribution is 0.194. The number of nitrogens with two attached hydrogens (primary N) is 1. The Balaban J connectivity index is 0. The molecule has 0 saturated carbocycles. The highest BCUT2D eigenvalue weighted by Gasteiger charge is 1.77. The maximum atomic E-state index is 9.13. The van der Waals surface area contributed by atoms with Crippen LogP contribution in [0.5, 0.6) is 0 Å². The Bertz CT molecular complexity index is 46.8. The van der Waals surface area contributed by atoms with Crippen LogP contribution in [-0.2, 0) is 0 Å². The van der Waals surface area contributed by atoms with E-state index in [-0.39, 0.29) is 13.5 Å². The SMILES string of the molecule is NNC(=O)O.S. The van der Waals surface area contributed by atoms with E-state index in [0.29, 0.717) is 0 Å². The number of nitrogens with one attached hydrogen (secondary N) is 1. The van der Waals surface area contributed by atoms with E-state index in [0.717, 1.165) is 0 Å². The molecule has 0 aliphatic carbocycles. The van der Waals surface area contributed by atoms with Gasteiger partial charge in [0.15, 0.2) is 0 Å². The smallest absolute Gasteiger partial charge is 0.418 e. The maximum Gasteiger partial charge on any atom is 0.418 e. The van der Waals surface area contributed by atoms with Crippen molar-refractivity contribution in [3.63, 3.8) is 0 Å². The van der Waals surface area contributed by atoms with Crippen molar-refractivity contribution in [3.05, 3.63) is 0 Å². The van der Waals surface area contributed by atoms with Crippen LogP contribution >= 0.6 is 13.5 Å². The van der Waals surface area contributed by atoms with Crippen LogP contribution in [0.15, 0.2) is 0 Å². The van der Waals surface area contributed by atoms with E-state index in [2.05, 4.69) is 5.84 Å². The molecule has 0 saturated heterocycles. The molecule has 0 aromatic heterocycles. The molecule has 6 heavy (non-hydrogen) atoms. The average molecular weight is 110 g/mol. The Morgan fingerprint density at radius 2 is 2.00 bits per heavy atom. The minimum atomic E-state index is -1.22. The molecule has 0 fully saturated rings. The molecule has 0 aromatic carbocycles. The number of carbonyl (C=O) groups is 1. The topological polar surface area (TPSA) is 75.3 Å². The molecule has 0 aliphatic heterocycles. The molecule has 0 aliphatic rings. The molecule has 38 valence electrons. The minimum Gasteiger partial charge on any atom is -0.464 e. The molecular formula is CH6N2O2S. The second-order valence-electron chi connectivity index (χ2n) is 0.449. The van der Waals surface area contributed by atoms with Crippen molar-refractivity contribution in [3.8, 4) is 0 Å². The van der Waals surface area contributed by atoms with E-state index in [1.54, 1.807) is 0 Å². The molecule has 0 aromatic rings. The van der Waals surface area contributed by atoms with Crippen LogP contribution in [-0.4, -0.2) is 11.2 Å². The summed E-state index contributed by atoms with van der Waals surface area (Å²) in [5.74, 6) is 4.32. The Morgan fingerprint density at radius 1 is 1.83 bits per heavy atom. The van der Waals surface area contributed by atoms with Gasteiger partial charge in [0, 0.05) is 0 Å². The summed E-state index contributed by atoms with van der Waals surface area (Å²) in [5.41, 5.74) is 1.44. The molecule has 0 rings (SSSR count).